The summed E-state index contributed by atoms with van der Waals surface area (Å²) in [6.07, 6.45) is 3.23. The number of benzene rings is 3. The molecule has 1 aliphatic heterocycles. The molecule has 1 saturated heterocycles. The molecule has 1 aliphatic rings. The maximum Gasteiger partial charge on any atom is 0.251 e. The molecule has 0 spiro atoms. The number of piperidine rings is 1. The molecule has 0 unspecified atom stereocenters. The first-order valence-electron chi connectivity index (χ1n) is 15.9. The molecule has 5 N–H and O–H groups in total. The van der Waals surface area contributed by atoms with Gasteiger partial charge in [-0.25, -0.2) is 0 Å². The smallest absolute Gasteiger partial charge is 0.251 e. The van der Waals surface area contributed by atoms with Crippen LogP contribution in [0, 0.1) is 0 Å². The summed E-state index contributed by atoms with van der Waals surface area (Å²) in [5.74, 6) is 0.108. The van der Waals surface area contributed by atoms with Crippen molar-refractivity contribution < 1.29 is 24.5 Å². The number of ether oxygens (including phenoxy) is 1. The largest absolute Gasteiger partial charge is 0.497 e. The number of nitrogens with zero attached hydrogens (tertiary/aromatic N) is 1. The first-order valence-corrected chi connectivity index (χ1v) is 15.9. The molecule has 3 aromatic carbocycles. The molecular weight excluding hydrogens is 568 g/mol. The van der Waals surface area contributed by atoms with Crippen molar-refractivity contribution in [3.63, 3.8) is 0 Å². The predicted molar refractivity (Wildman–Crippen MR) is 178 cm³/mol. The highest BCUT2D eigenvalue weighted by Crippen LogP contribution is 2.25. The zero-order valence-electron chi connectivity index (χ0n) is 26.7. The van der Waals surface area contributed by atoms with E-state index in [1.54, 1.807) is 13.2 Å². The molecule has 0 radical (unpaired) electrons. The van der Waals surface area contributed by atoms with E-state index in [0.717, 1.165) is 54.9 Å². The Morgan fingerprint density at radius 1 is 0.933 bits per heavy atom. The van der Waals surface area contributed by atoms with Gasteiger partial charge in [0.25, 0.3) is 11.8 Å². The fourth-order valence-corrected chi connectivity index (χ4v) is 5.61. The van der Waals surface area contributed by atoms with Gasteiger partial charge in [-0.15, -0.1) is 0 Å². The van der Waals surface area contributed by atoms with Gasteiger partial charge >= 0.3 is 0 Å². The van der Waals surface area contributed by atoms with Crippen molar-refractivity contribution in [1.29, 1.82) is 0 Å². The molecule has 1 fully saturated rings. The Kier molecular flexibility index (Phi) is 12.4. The van der Waals surface area contributed by atoms with Crippen molar-refractivity contribution in [1.82, 2.24) is 16.0 Å². The van der Waals surface area contributed by atoms with E-state index in [0.29, 0.717) is 30.5 Å². The fourth-order valence-electron chi connectivity index (χ4n) is 5.61. The number of carbonyl (C=O) groups is 2. The Bertz CT molecular complexity index is 1390. The standard InChI is InChI=1S/C36H48N4O5/c1-36(2,29-14-10-15-31(24-29)45-3)38-25-33(42)32(20-26-12-6-4-7-13-26)39-35(44)28-21-27(34(43)37-16-11-19-41)22-30(23-28)40-17-8-5-9-18-40/h4,6-7,10,12-15,21-24,32-33,38,41-42H,5,8-9,11,16-20,25H2,1-3H3,(H,37,43)(H,39,44)/t32-,33+/m0/s1. The zero-order chi connectivity index (χ0) is 32.2. The summed E-state index contributed by atoms with van der Waals surface area (Å²) in [7, 11) is 1.63. The third kappa shape index (κ3) is 9.78. The molecule has 9 heteroatoms. The number of rotatable bonds is 15. The SMILES string of the molecule is COc1cccc(C(C)(C)NC[C@@H](O)[C@H](Cc2ccccc2)NC(=O)c2cc(C(=O)NCCCO)cc(N3CCCCC3)c2)c1. The summed E-state index contributed by atoms with van der Waals surface area (Å²) in [5.41, 5.74) is 3.11. The van der Waals surface area contributed by atoms with Crippen LogP contribution in [0.2, 0.25) is 0 Å². The number of aliphatic hydroxyl groups is 2. The van der Waals surface area contributed by atoms with Gasteiger partial charge in [-0.3, -0.25) is 9.59 Å². The van der Waals surface area contributed by atoms with Gasteiger partial charge in [-0.2, -0.15) is 0 Å². The number of anilines is 1. The first-order chi connectivity index (χ1) is 21.7. The quantitative estimate of drug-likeness (QED) is 0.164. The van der Waals surface area contributed by atoms with Crippen LogP contribution in [0.4, 0.5) is 5.69 Å². The average Bonchev–Trinajstić information content (AvgIpc) is 3.07. The number of carbonyl (C=O) groups excluding carboxylic acids is 2. The normalized spacial score (nSPS) is 14.8. The summed E-state index contributed by atoms with van der Waals surface area (Å²) in [6.45, 7) is 6.36. The Labute approximate surface area is 267 Å². The lowest BCUT2D eigenvalue weighted by Gasteiger charge is -2.32. The Hall–Kier alpha value is -3.92. The zero-order valence-corrected chi connectivity index (χ0v) is 26.7. The molecule has 3 aromatic rings. The lowest BCUT2D eigenvalue weighted by Crippen LogP contribution is -2.51. The van der Waals surface area contributed by atoms with Crippen molar-refractivity contribution in [2.75, 3.05) is 44.8 Å². The highest BCUT2D eigenvalue weighted by atomic mass is 16.5. The number of methoxy groups -OCH3 is 1. The topological polar surface area (TPSA) is 123 Å². The molecule has 0 bridgehead atoms. The predicted octanol–water partition coefficient (Wildman–Crippen LogP) is 4.02. The maximum absolute atomic E-state index is 13.9. The number of amides is 2. The molecule has 45 heavy (non-hydrogen) atoms. The summed E-state index contributed by atoms with van der Waals surface area (Å²) >= 11 is 0. The van der Waals surface area contributed by atoms with Gasteiger partial charge in [0.1, 0.15) is 5.75 Å². The lowest BCUT2D eigenvalue weighted by atomic mass is 9.93. The summed E-state index contributed by atoms with van der Waals surface area (Å²) in [4.78, 5) is 29.1. The Morgan fingerprint density at radius 3 is 2.33 bits per heavy atom. The molecule has 2 atom stereocenters. The van der Waals surface area contributed by atoms with Crippen LogP contribution in [-0.4, -0.2) is 74.1 Å². The van der Waals surface area contributed by atoms with Crippen molar-refractivity contribution in [3.05, 3.63) is 95.1 Å². The van der Waals surface area contributed by atoms with Crippen molar-refractivity contribution in [2.45, 2.75) is 63.6 Å². The third-order valence-electron chi connectivity index (χ3n) is 8.41. The number of aliphatic hydroxyl groups excluding tert-OH is 2. The van der Waals surface area contributed by atoms with Gasteiger partial charge in [0, 0.05) is 55.1 Å². The third-order valence-corrected chi connectivity index (χ3v) is 8.41. The van der Waals surface area contributed by atoms with Crippen LogP contribution in [0.15, 0.2) is 72.8 Å². The average molecular weight is 617 g/mol. The van der Waals surface area contributed by atoms with E-state index in [2.05, 4.69) is 20.9 Å². The van der Waals surface area contributed by atoms with Crippen LogP contribution >= 0.6 is 0 Å². The maximum atomic E-state index is 13.9. The van der Waals surface area contributed by atoms with E-state index in [1.807, 2.05) is 80.6 Å². The minimum atomic E-state index is -0.912. The highest BCUT2D eigenvalue weighted by molar-refractivity contribution is 6.01. The molecule has 4 rings (SSSR count). The van der Waals surface area contributed by atoms with Crippen LogP contribution < -0.4 is 25.6 Å². The summed E-state index contributed by atoms with van der Waals surface area (Å²) in [5, 5.41) is 30.0. The number of hydrogen-bond acceptors (Lipinski definition) is 7. The van der Waals surface area contributed by atoms with E-state index in [-0.39, 0.29) is 25.0 Å². The second-order valence-electron chi connectivity index (χ2n) is 12.2. The van der Waals surface area contributed by atoms with Crippen molar-refractivity contribution in [3.8, 4) is 5.75 Å². The van der Waals surface area contributed by atoms with Crippen LogP contribution in [0.3, 0.4) is 0 Å². The molecule has 242 valence electrons. The second-order valence-corrected chi connectivity index (χ2v) is 12.2. The highest BCUT2D eigenvalue weighted by Gasteiger charge is 2.27. The van der Waals surface area contributed by atoms with Crippen molar-refractivity contribution in [2.24, 2.45) is 0 Å². The van der Waals surface area contributed by atoms with Crippen molar-refractivity contribution >= 4 is 17.5 Å². The van der Waals surface area contributed by atoms with Gasteiger partial charge in [-0.05, 0) is 87.4 Å². The Morgan fingerprint density at radius 2 is 1.64 bits per heavy atom. The number of hydrogen-bond donors (Lipinski definition) is 5. The molecule has 0 aliphatic carbocycles. The van der Waals surface area contributed by atoms with Gasteiger partial charge in [0.05, 0.1) is 19.3 Å². The van der Waals surface area contributed by atoms with Gasteiger partial charge < -0.3 is 35.8 Å². The second kappa shape index (κ2) is 16.4. The monoisotopic (exact) mass is 616 g/mol. The van der Waals surface area contributed by atoms with E-state index >= 15 is 0 Å². The first kappa shape index (κ1) is 34.0. The van der Waals surface area contributed by atoms with Gasteiger partial charge in [-0.1, -0.05) is 42.5 Å². The minimum Gasteiger partial charge on any atom is -0.497 e. The summed E-state index contributed by atoms with van der Waals surface area (Å²) < 4.78 is 5.40. The fraction of sp³-hybridized carbons (Fsp3) is 0.444. The van der Waals surface area contributed by atoms with Crippen LogP contribution in [0.1, 0.15) is 71.4 Å². The minimum absolute atomic E-state index is 0.0154. The van der Waals surface area contributed by atoms with Gasteiger partial charge in [0.2, 0.25) is 0 Å². The van der Waals surface area contributed by atoms with E-state index < -0.39 is 17.7 Å². The van der Waals surface area contributed by atoms with E-state index in [9.17, 15) is 14.7 Å². The van der Waals surface area contributed by atoms with Crippen LogP contribution in [0.5, 0.6) is 5.75 Å². The molecule has 1 heterocycles. The number of nitrogens with one attached hydrogen (secondary N) is 3. The molecule has 9 nitrogen and oxygen atoms in total. The van der Waals surface area contributed by atoms with Crippen LogP contribution in [0.25, 0.3) is 0 Å². The molecular formula is C36H48N4O5. The lowest BCUT2D eigenvalue weighted by molar-refractivity contribution is 0.0813. The van der Waals surface area contributed by atoms with Crippen LogP contribution in [-0.2, 0) is 12.0 Å². The summed E-state index contributed by atoms with van der Waals surface area (Å²) in [6, 6.07) is 22.2. The molecule has 0 aromatic heterocycles. The molecule has 2 amide bonds. The molecule has 0 saturated carbocycles. The Balaban J connectivity index is 1.56. The van der Waals surface area contributed by atoms with E-state index in [4.69, 9.17) is 9.84 Å². The van der Waals surface area contributed by atoms with E-state index in [1.165, 1.54) is 0 Å². The van der Waals surface area contributed by atoms with Gasteiger partial charge in [0.15, 0.2) is 0 Å².